The molecule has 0 spiro atoms. The van der Waals surface area contributed by atoms with Gasteiger partial charge in [-0.2, -0.15) is 0 Å². The van der Waals surface area contributed by atoms with E-state index >= 15 is 0 Å². The van der Waals surface area contributed by atoms with Gasteiger partial charge in [0.05, 0.1) is 12.1 Å². The van der Waals surface area contributed by atoms with Crippen LogP contribution in [-0.2, 0) is 4.79 Å². The van der Waals surface area contributed by atoms with E-state index in [1.165, 1.54) is 5.56 Å². The minimum atomic E-state index is -0.0382. The molecule has 0 saturated carbocycles. The van der Waals surface area contributed by atoms with Gasteiger partial charge < -0.3 is 10.6 Å². The van der Waals surface area contributed by atoms with Crippen LogP contribution in [0.4, 0.5) is 0 Å². The first-order valence-electron chi connectivity index (χ1n) is 7.66. The SMILES string of the molecule is CC1CCNC(C(=O)NC(c2ccccc2)C(C)C)C1. The normalized spacial score (nSPS) is 24.4. The maximum absolute atomic E-state index is 12.5. The molecule has 0 bridgehead atoms. The van der Waals surface area contributed by atoms with E-state index in [1.54, 1.807) is 0 Å². The first kappa shape index (κ1) is 15.0. The quantitative estimate of drug-likeness (QED) is 0.886. The Labute approximate surface area is 122 Å². The van der Waals surface area contributed by atoms with Gasteiger partial charge in [-0.25, -0.2) is 0 Å². The van der Waals surface area contributed by atoms with Gasteiger partial charge in [0.25, 0.3) is 0 Å². The summed E-state index contributed by atoms with van der Waals surface area (Å²) < 4.78 is 0. The fraction of sp³-hybridized carbons (Fsp3) is 0.588. The second-order valence-corrected chi connectivity index (χ2v) is 6.28. The second kappa shape index (κ2) is 6.89. The second-order valence-electron chi connectivity index (χ2n) is 6.28. The molecule has 1 aromatic rings. The molecule has 2 N–H and O–H groups in total. The number of nitrogens with one attached hydrogen (secondary N) is 2. The monoisotopic (exact) mass is 274 g/mol. The molecule has 2 rings (SSSR count). The lowest BCUT2D eigenvalue weighted by atomic mass is 9.92. The summed E-state index contributed by atoms with van der Waals surface area (Å²) >= 11 is 0. The number of amides is 1. The third kappa shape index (κ3) is 3.83. The lowest BCUT2D eigenvalue weighted by Gasteiger charge is -2.30. The van der Waals surface area contributed by atoms with E-state index in [4.69, 9.17) is 0 Å². The first-order valence-corrected chi connectivity index (χ1v) is 7.66. The number of carbonyl (C=O) groups is 1. The van der Waals surface area contributed by atoms with Crippen LogP contribution < -0.4 is 10.6 Å². The summed E-state index contributed by atoms with van der Waals surface area (Å²) in [4.78, 5) is 12.5. The maximum Gasteiger partial charge on any atom is 0.237 e. The molecule has 3 heteroatoms. The van der Waals surface area contributed by atoms with Crippen LogP contribution in [-0.4, -0.2) is 18.5 Å². The highest BCUT2D eigenvalue weighted by Gasteiger charge is 2.27. The van der Waals surface area contributed by atoms with Crippen molar-refractivity contribution >= 4 is 5.91 Å². The molecule has 1 heterocycles. The molecule has 1 aliphatic heterocycles. The third-order valence-electron chi connectivity index (χ3n) is 4.11. The van der Waals surface area contributed by atoms with Gasteiger partial charge in [-0.15, -0.1) is 0 Å². The van der Waals surface area contributed by atoms with E-state index in [0.717, 1.165) is 19.4 Å². The third-order valence-corrected chi connectivity index (χ3v) is 4.11. The standard InChI is InChI=1S/C17H26N2O/c1-12(2)16(14-7-5-4-6-8-14)19-17(20)15-11-13(3)9-10-18-15/h4-8,12-13,15-16,18H,9-11H2,1-3H3,(H,19,20). The van der Waals surface area contributed by atoms with Gasteiger partial charge in [-0.3, -0.25) is 4.79 Å². The number of hydrogen-bond acceptors (Lipinski definition) is 2. The van der Waals surface area contributed by atoms with Gasteiger partial charge in [0.1, 0.15) is 0 Å². The van der Waals surface area contributed by atoms with E-state index in [-0.39, 0.29) is 18.0 Å². The van der Waals surface area contributed by atoms with Gasteiger partial charge in [0.15, 0.2) is 0 Å². The molecule has 3 unspecified atom stereocenters. The van der Waals surface area contributed by atoms with E-state index in [1.807, 2.05) is 18.2 Å². The summed E-state index contributed by atoms with van der Waals surface area (Å²) in [5, 5.41) is 6.55. The van der Waals surface area contributed by atoms with Gasteiger partial charge >= 0.3 is 0 Å². The number of benzene rings is 1. The predicted molar refractivity (Wildman–Crippen MR) is 82.4 cm³/mol. The van der Waals surface area contributed by atoms with Gasteiger partial charge in [0.2, 0.25) is 5.91 Å². The Morgan fingerprint density at radius 2 is 2.00 bits per heavy atom. The highest BCUT2D eigenvalue weighted by Crippen LogP contribution is 2.22. The van der Waals surface area contributed by atoms with Crippen LogP contribution in [0.2, 0.25) is 0 Å². The summed E-state index contributed by atoms with van der Waals surface area (Å²) in [7, 11) is 0. The smallest absolute Gasteiger partial charge is 0.237 e. The van der Waals surface area contributed by atoms with E-state index in [2.05, 4.69) is 43.5 Å². The van der Waals surface area contributed by atoms with Crippen molar-refractivity contribution in [2.24, 2.45) is 11.8 Å². The Morgan fingerprint density at radius 1 is 1.30 bits per heavy atom. The average molecular weight is 274 g/mol. The molecule has 1 amide bonds. The molecular weight excluding hydrogens is 248 g/mol. The van der Waals surface area contributed by atoms with Crippen molar-refractivity contribution in [3.63, 3.8) is 0 Å². The molecule has 0 aliphatic carbocycles. The molecule has 1 saturated heterocycles. The molecule has 110 valence electrons. The van der Waals surface area contributed by atoms with Gasteiger partial charge in [-0.05, 0) is 36.8 Å². The molecule has 3 nitrogen and oxygen atoms in total. The van der Waals surface area contributed by atoms with Crippen molar-refractivity contribution < 1.29 is 4.79 Å². The van der Waals surface area contributed by atoms with Crippen LogP contribution in [0.5, 0.6) is 0 Å². The topological polar surface area (TPSA) is 41.1 Å². The van der Waals surface area contributed by atoms with Crippen LogP contribution in [0.15, 0.2) is 30.3 Å². The van der Waals surface area contributed by atoms with E-state index in [9.17, 15) is 4.79 Å². The fourth-order valence-corrected chi connectivity index (χ4v) is 2.86. The maximum atomic E-state index is 12.5. The van der Waals surface area contributed by atoms with Crippen LogP contribution in [0.1, 0.15) is 45.2 Å². The zero-order chi connectivity index (χ0) is 14.5. The number of hydrogen-bond donors (Lipinski definition) is 2. The van der Waals surface area contributed by atoms with E-state index < -0.39 is 0 Å². The van der Waals surface area contributed by atoms with Crippen molar-refractivity contribution in [2.75, 3.05) is 6.54 Å². The van der Waals surface area contributed by atoms with Crippen LogP contribution >= 0.6 is 0 Å². The summed E-state index contributed by atoms with van der Waals surface area (Å²) in [5.74, 6) is 1.14. The average Bonchev–Trinajstić information content (AvgIpc) is 2.45. The van der Waals surface area contributed by atoms with Gasteiger partial charge in [0, 0.05) is 0 Å². The summed E-state index contributed by atoms with van der Waals surface area (Å²) in [6.45, 7) is 7.46. The molecule has 3 atom stereocenters. The van der Waals surface area contributed by atoms with Gasteiger partial charge in [-0.1, -0.05) is 51.1 Å². The molecule has 1 aliphatic rings. The zero-order valence-electron chi connectivity index (χ0n) is 12.7. The lowest BCUT2D eigenvalue weighted by Crippen LogP contribution is -2.49. The summed E-state index contributed by atoms with van der Waals surface area (Å²) in [5.41, 5.74) is 1.18. The minimum absolute atomic E-state index is 0.0382. The first-order chi connectivity index (χ1) is 9.58. The largest absolute Gasteiger partial charge is 0.348 e. The Bertz CT molecular complexity index is 430. The lowest BCUT2D eigenvalue weighted by molar-refractivity contribution is -0.125. The molecule has 20 heavy (non-hydrogen) atoms. The van der Waals surface area contributed by atoms with Crippen molar-refractivity contribution in [3.8, 4) is 0 Å². The summed E-state index contributed by atoms with van der Waals surface area (Å²) in [6.07, 6.45) is 2.10. The van der Waals surface area contributed by atoms with Crippen LogP contribution in [0, 0.1) is 11.8 Å². The Kier molecular flexibility index (Phi) is 5.18. The van der Waals surface area contributed by atoms with Crippen molar-refractivity contribution in [3.05, 3.63) is 35.9 Å². The van der Waals surface area contributed by atoms with Crippen LogP contribution in [0.3, 0.4) is 0 Å². The zero-order valence-corrected chi connectivity index (χ0v) is 12.7. The summed E-state index contributed by atoms with van der Waals surface area (Å²) in [6, 6.07) is 10.3. The van der Waals surface area contributed by atoms with Crippen molar-refractivity contribution in [2.45, 2.75) is 45.7 Å². The minimum Gasteiger partial charge on any atom is -0.348 e. The number of piperidine rings is 1. The van der Waals surface area contributed by atoms with E-state index in [0.29, 0.717) is 11.8 Å². The highest BCUT2D eigenvalue weighted by molar-refractivity contribution is 5.82. The number of carbonyl (C=O) groups excluding carboxylic acids is 1. The molecular formula is C17H26N2O. The number of rotatable bonds is 4. The molecule has 0 radical (unpaired) electrons. The Balaban J connectivity index is 2.03. The van der Waals surface area contributed by atoms with Crippen molar-refractivity contribution in [1.29, 1.82) is 0 Å². The molecule has 1 aromatic carbocycles. The molecule has 1 fully saturated rings. The fourth-order valence-electron chi connectivity index (χ4n) is 2.86. The molecule has 0 aromatic heterocycles. The van der Waals surface area contributed by atoms with Crippen LogP contribution in [0.25, 0.3) is 0 Å². The predicted octanol–water partition coefficient (Wildman–Crippen LogP) is 2.89. The Morgan fingerprint density at radius 3 is 2.60 bits per heavy atom. The Hall–Kier alpha value is -1.35. The van der Waals surface area contributed by atoms with Crippen molar-refractivity contribution in [1.82, 2.24) is 10.6 Å². The highest BCUT2D eigenvalue weighted by atomic mass is 16.2.